The normalized spacial score (nSPS) is 13.0. The van der Waals surface area contributed by atoms with E-state index in [0.717, 1.165) is 57.9 Å². The van der Waals surface area contributed by atoms with Crippen LogP contribution in [0.3, 0.4) is 0 Å². The molecule has 4 unspecified atom stereocenters. The predicted octanol–water partition coefficient (Wildman–Crippen LogP) is 12.7. The maximum atomic E-state index is 10.6. The number of rotatable bonds is 34. The molecular formula is C58H92ClNO8. The van der Waals surface area contributed by atoms with Gasteiger partial charge in [0.1, 0.15) is 13.2 Å². The number of carbonyl (C=O) groups is 2. The van der Waals surface area contributed by atoms with Gasteiger partial charge in [-0.25, -0.2) is 0 Å². The number of aliphatic hydroxyl groups excluding tert-OH is 4. The van der Waals surface area contributed by atoms with Gasteiger partial charge < -0.3 is 34.8 Å². The molecule has 2 aromatic carbocycles. The Balaban J connectivity index is 0.000000983. The van der Waals surface area contributed by atoms with E-state index in [1.165, 1.54) is 125 Å². The largest absolute Gasteiger partial charge is 0.463 e. The molecule has 0 amide bonds. The van der Waals surface area contributed by atoms with Crippen LogP contribution in [0.25, 0.3) is 17.7 Å². The first-order valence-corrected chi connectivity index (χ1v) is 25.6. The van der Waals surface area contributed by atoms with Crippen LogP contribution in [0.4, 0.5) is 0 Å². The van der Waals surface area contributed by atoms with Gasteiger partial charge in [-0.3, -0.25) is 9.59 Å². The van der Waals surface area contributed by atoms with E-state index in [2.05, 4.69) is 98.3 Å². The summed E-state index contributed by atoms with van der Waals surface area (Å²) in [6.07, 6.45) is 38.4. The summed E-state index contributed by atoms with van der Waals surface area (Å²) in [6.45, 7) is 7.35. The van der Waals surface area contributed by atoms with Gasteiger partial charge in [0.15, 0.2) is 0 Å². The van der Waals surface area contributed by atoms with E-state index >= 15 is 0 Å². The van der Waals surface area contributed by atoms with E-state index in [0.29, 0.717) is 12.8 Å². The van der Waals surface area contributed by atoms with E-state index in [4.69, 9.17) is 15.9 Å². The number of fused-ring (bicyclic) bond motifs is 2. The first-order valence-electron chi connectivity index (χ1n) is 25.6. The van der Waals surface area contributed by atoms with Gasteiger partial charge in [-0.2, -0.15) is 0 Å². The van der Waals surface area contributed by atoms with Crippen molar-refractivity contribution < 1.29 is 39.5 Å². The third kappa shape index (κ3) is 35.4. The third-order valence-electron chi connectivity index (χ3n) is 11.7. The summed E-state index contributed by atoms with van der Waals surface area (Å²) in [4.78, 5) is 23.5. The SMILES string of the molecule is C#CCCCCCCCCCCCC(O)CC(O)COC(C)=O.C=CCCCCCCCCCCCC(O)CC(O)COC(C)=O.CN(C)CCC=C1c2ccccc2C=Cc2ccccc21.Cl. The van der Waals surface area contributed by atoms with Crippen LogP contribution in [-0.2, 0) is 19.1 Å². The number of carbonyl (C=O) groups excluding carboxylic acids is 2. The Morgan fingerprint density at radius 3 is 1.37 bits per heavy atom. The van der Waals surface area contributed by atoms with Gasteiger partial charge in [-0.05, 0) is 80.4 Å². The molecule has 0 heterocycles. The molecule has 0 spiro atoms. The third-order valence-corrected chi connectivity index (χ3v) is 11.7. The number of ether oxygens (including phenoxy) is 2. The maximum absolute atomic E-state index is 10.6. The highest BCUT2D eigenvalue weighted by atomic mass is 35.5. The van der Waals surface area contributed by atoms with E-state index < -0.39 is 36.4 Å². The Bertz CT molecular complexity index is 1630. The lowest BCUT2D eigenvalue weighted by atomic mass is 9.93. The average Bonchev–Trinajstić information content (AvgIpc) is 3.45. The molecule has 4 N–H and O–H groups in total. The highest BCUT2D eigenvalue weighted by Crippen LogP contribution is 2.34. The molecule has 0 bridgehead atoms. The van der Waals surface area contributed by atoms with Gasteiger partial charge in [0.05, 0.1) is 24.4 Å². The number of hydrogen-bond donors (Lipinski definition) is 4. The topological polar surface area (TPSA) is 137 Å². The molecular weight excluding hydrogens is 874 g/mol. The van der Waals surface area contributed by atoms with Gasteiger partial charge in [-0.1, -0.05) is 176 Å². The van der Waals surface area contributed by atoms with Crippen LogP contribution in [0, 0.1) is 12.3 Å². The molecule has 1 aliphatic carbocycles. The van der Waals surface area contributed by atoms with Crippen LogP contribution in [0.5, 0.6) is 0 Å². The molecule has 3 rings (SSSR count). The second-order valence-electron chi connectivity index (χ2n) is 18.4. The number of benzene rings is 2. The molecule has 2 aromatic rings. The minimum Gasteiger partial charge on any atom is -0.463 e. The van der Waals surface area contributed by atoms with Crippen LogP contribution in [0.1, 0.15) is 197 Å². The zero-order chi connectivity index (χ0) is 49.3. The van der Waals surface area contributed by atoms with Crippen LogP contribution in [0.15, 0.2) is 67.3 Å². The quantitative estimate of drug-likeness (QED) is 0.0200. The Morgan fingerprint density at radius 1 is 0.603 bits per heavy atom. The van der Waals surface area contributed by atoms with Crippen LogP contribution in [-0.4, -0.2) is 95.5 Å². The van der Waals surface area contributed by atoms with Crippen molar-refractivity contribution in [1.82, 2.24) is 4.90 Å². The summed E-state index contributed by atoms with van der Waals surface area (Å²) < 4.78 is 9.42. The molecule has 68 heavy (non-hydrogen) atoms. The maximum Gasteiger partial charge on any atom is 0.302 e. The van der Waals surface area contributed by atoms with Gasteiger partial charge in [0.2, 0.25) is 0 Å². The Morgan fingerprint density at radius 2 is 0.985 bits per heavy atom. The highest BCUT2D eigenvalue weighted by Gasteiger charge is 2.16. The fourth-order valence-corrected chi connectivity index (χ4v) is 7.96. The summed E-state index contributed by atoms with van der Waals surface area (Å²) in [5, 5.41) is 38.8. The summed E-state index contributed by atoms with van der Waals surface area (Å²) in [7, 11) is 4.24. The number of halogens is 1. The Kier molecular flexibility index (Phi) is 40.9. The molecule has 0 fully saturated rings. The average molecular weight is 967 g/mol. The molecule has 0 aromatic heterocycles. The van der Waals surface area contributed by atoms with Crippen LogP contribution in [0.2, 0.25) is 0 Å². The Labute approximate surface area is 419 Å². The number of aliphatic hydroxyl groups is 4. The van der Waals surface area contributed by atoms with Crippen molar-refractivity contribution in [3.8, 4) is 12.3 Å². The molecule has 384 valence electrons. The summed E-state index contributed by atoms with van der Waals surface area (Å²) >= 11 is 0. The van der Waals surface area contributed by atoms with Crippen LogP contribution >= 0.6 is 12.4 Å². The van der Waals surface area contributed by atoms with Crippen molar-refractivity contribution >= 4 is 42.1 Å². The Hall–Kier alpha value is -3.75. The monoisotopic (exact) mass is 966 g/mol. The van der Waals surface area contributed by atoms with E-state index in [1.807, 2.05) is 6.08 Å². The van der Waals surface area contributed by atoms with Gasteiger partial charge in [-0.15, -0.1) is 31.3 Å². The van der Waals surface area contributed by atoms with Crippen molar-refractivity contribution in [2.45, 2.75) is 199 Å². The molecule has 0 aliphatic heterocycles. The van der Waals surface area contributed by atoms with Gasteiger partial charge in [0.25, 0.3) is 0 Å². The van der Waals surface area contributed by atoms with E-state index in [-0.39, 0.29) is 38.5 Å². The van der Waals surface area contributed by atoms with Gasteiger partial charge >= 0.3 is 11.9 Å². The van der Waals surface area contributed by atoms with Crippen molar-refractivity contribution in [3.63, 3.8) is 0 Å². The van der Waals surface area contributed by atoms with Crippen molar-refractivity contribution in [3.05, 3.63) is 89.5 Å². The second kappa shape index (κ2) is 43.3. The lowest BCUT2D eigenvalue weighted by molar-refractivity contribution is -0.145. The second-order valence-corrected chi connectivity index (χ2v) is 18.4. The predicted molar refractivity (Wildman–Crippen MR) is 286 cm³/mol. The number of esters is 2. The zero-order valence-corrected chi connectivity index (χ0v) is 43.4. The first kappa shape index (κ1) is 64.2. The number of hydrogen-bond acceptors (Lipinski definition) is 9. The first-order chi connectivity index (χ1) is 32.4. The zero-order valence-electron chi connectivity index (χ0n) is 42.6. The highest BCUT2D eigenvalue weighted by molar-refractivity contribution is 5.93. The number of allylic oxidation sites excluding steroid dienone is 1. The molecule has 1 aliphatic rings. The van der Waals surface area contributed by atoms with Crippen molar-refractivity contribution in [2.24, 2.45) is 0 Å². The van der Waals surface area contributed by atoms with Gasteiger partial charge in [0, 0.05) is 39.7 Å². The van der Waals surface area contributed by atoms with Crippen molar-refractivity contribution in [2.75, 3.05) is 33.9 Å². The smallest absolute Gasteiger partial charge is 0.302 e. The number of nitrogens with zero attached hydrogens (tertiary/aromatic N) is 1. The fourth-order valence-electron chi connectivity index (χ4n) is 7.96. The molecule has 9 nitrogen and oxygen atoms in total. The van der Waals surface area contributed by atoms with E-state index in [9.17, 15) is 30.0 Å². The standard InChI is InChI=1S/C20H21N.C19H36O4.C19H34O4.ClH/c1-21(2)15-7-12-20-18-10-5-3-8-16(18)13-14-17-9-4-6-11-19(17)20;2*1-3-4-5-6-7-8-9-10-11-12-13-14-18(21)15-19(22)16-23-17(2)20;/h3-6,8-14H,7,15H2,1-2H3;3,18-19,21-22H,1,4-16H2,2H3;1,18-19,21-22H,4-16H2,2H3;1H. The minimum atomic E-state index is -0.775. The lowest BCUT2D eigenvalue weighted by Gasteiger charge is -2.15. The molecule has 4 atom stereocenters. The molecule has 0 saturated heterocycles. The number of unbranched alkanes of at least 4 members (excludes halogenated alkanes) is 18. The molecule has 10 heteroatoms. The van der Waals surface area contributed by atoms with Crippen LogP contribution < -0.4 is 0 Å². The molecule has 0 saturated carbocycles. The fraction of sp³-hybridized carbons (Fsp3) is 0.621. The number of terminal acetylenes is 1. The van der Waals surface area contributed by atoms with Crippen molar-refractivity contribution in [1.29, 1.82) is 0 Å². The minimum absolute atomic E-state index is 0. The lowest BCUT2D eigenvalue weighted by Crippen LogP contribution is -2.23. The summed E-state index contributed by atoms with van der Waals surface area (Å²) in [5.41, 5.74) is 6.61. The summed E-state index contributed by atoms with van der Waals surface area (Å²) in [5.74, 6) is 1.86. The van der Waals surface area contributed by atoms with E-state index in [1.54, 1.807) is 0 Å². The summed E-state index contributed by atoms with van der Waals surface area (Å²) in [6, 6.07) is 17.3. The molecule has 0 radical (unpaired) electrons.